The quantitative estimate of drug-likeness (QED) is 0.316. The molecule has 0 bridgehead atoms. The molecule has 1 aliphatic rings. The van der Waals surface area contributed by atoms with Gasteiger partial charge in [-0.25, -0.2) is 14.4 Å². The minimum Gasteiger partial charge on any atom is -0.459 e. The molecule has 2 heterocycles. The number of nitrogens with one attached hydrogen (secondary N) is 1. The number of aromatic amines is 1. The molecule has 1 N–H and O–H groups in total. The monoisotopic (exact) mass is 616 g/mol. The molecule has 1 saturated heterocycles. The molecule has 4 rings (SSSR count). The Morgan fingerprint density at radius 3 is 2.22 bits per heavy atom. The first-order valence-corrected chi connectivity index (χ1v) is 12.8. The van der Waals surface area contributed by atoms with Crippen LogP contribution in [0.25, 0.3) is 6.08 Å². The van der Waals surface area contributed by atoms with Gasteiger partial charge in [0.25, 0.3) is 5.56 Å². The molecule has 10 heteroatoms. The zero-order chi connectivity index (χ0) is 26.5. The van der Waals surface area contributed by atoms with Crippen LogP contribution in [0.1, 0.15) is 50.1 Å². The number of hydrogen-bond donors (Lipinski definition) is 1. The average molecular weight is 616 g/mol. The van der Waals surface area contributed by atoms with E-state index in [0.717, 1.165) is 11.1 Å². The van der Waals surface area contributed by atoms with E-state index in [9.17, 15) is 19.2 Å². The van der Waals surface area contributed by atoms with Crippen molar-refractivity contribution in [2.24, 2.45) is 0 Å². The maximum Gasteiger partial charge on any atom is 0.338 e. The molecule has 192 valence electrons. The fourth-order valence-electron chi connectivity index (χ4n) is 3.87. The standard InChI is InChI=1S/C27H25IN2O7/c1-16-3-7-18(8-4-16)25(32)35-15-22-21(37-26(33)19-9-5-17(2)6-10-19)13-23(36-22)30-14-20(11-12-28)24(31)29-27(30)34/h3-12,14,21-23H,13,15H2,1-2H3,(H,29,31,34)/b12-11+/t21-,22+,23+/m0/s1. The highest BCUT2D eigenvalue weighted by atomic mass is 127. The Morgan fingerprint density at radius 1 is 1.03 bits per heavy atom. The van der Waals surface area contributed by atoms with Crippen molar-refractivity contribution >= 4 is 40.6 Å². The van der Waals surface area contributed by atoms with E-state index in [1.807, 2.05) is 36.4 Å². The molecule has 0 amide bonds. The van der Waals surface area contributed by atoms with Gasteiger partial charge in [0.1, 0.15) is 25.0 Å². The van der Waals surface area contributed by atoms with Crippen LogP contribution < -0.4 is 11.2 Å². The van der Waals surface area contributed by atoms with Gasteiger partial charge in [-0.3, -0.25) is 14.3 Å². The van der Waals surface area contributed by atoms with E-state index < -0.39 is 41.6 Å². The van der Waals surface area contributed by atoms with E-state index in [0.29, 0.717) is 11.1 Å². The van der Waals surface area contributed by atoms with E-state index in [1.54, 1.807) is 58.7 Å². The zero-order valence-electron chi connectivity index (χ0n) is 20.2. The normalized spacial score (nSPS) is 19.2. The number of halogens is 1. The van der Waals surface area contributed by atoms with Crippen LogP contribution in [0.3, 0.4) is 0 Å². The molecule has 1 aromatic heterocycles. The summed E-state index contributed by atoms with van der Waals surface area (Å²) in [6.07, 6.45) is 0.553. The third-order valence-electron chi connectivity index (χ3n) is 5.94. The van der Waals surface area contributed by atoms with Crippen LogP contribution in [-0.2, 0) is 14.2 Å². The predicted octanol–water partition coefficient (Wildman–Crippen LogP) is 3.93. The van der Waals surface area contributed by atoms with E-state index in [1.165, 1.54) is 10.8 Å². The first kappa shape index (κ1) is 26.6. The van der Waals surface area contributed by atoms with Crippen LogP contribution in [0.4, 0.5) is 0 Å². The van der Waals surface area contributed by atoms with Crippen LogP contribution >= 0.6 is 22.6 Å². The van der Waals surface area contributed by atoms with Crippen molar-refractivity contribution in [3.63, 3.8) is 0 Å². The molecule has 3 atom stereocenters. The number of nitrogens with zero attached hydrogens (tertiary/aromatic N) is 1. The number of ether oxygens (including phenoxy) is 3. The Bertz CT molecular complexity index is 1420. The Labute approximate surface area is 226 Å². The molecule has 3 aromatic rings. The van der Waals surface area contributed by atoms with Gasteiger partial charge in [0.15, 0.2) is 0 Å². The summed E-state index contributed by atoms with van der Waals surface area (Å²) in [5.74, 6) is -1.11. The van der Waals surface area contributed by atoms with Crippen LogP contribution in [0.5, 0.6) is 0 Å². The zero-order valence-corrected chi connectivity index (χ0v) is 22.3. The highest BCUT2D eigenvalue weighted by Crippen LogP contribution is 2.31. The molecule has 9 nitrogen and oxygen atoms in total. The first-order chi connectivity index (χ1) is 17.7. The number of aryl methyl sites for hydroxylation is 2. The van der Waals surface area contributed by atoms with E-state index in [-0.39, 0.29) is 18.6 Å². The molecule has 0 saturated carbocycles. The van der Waals surface area contributed by atoms with Crippen LogP contribution in [0.2, 0.25) is 0 Å². The van der Waals surface area contributed by atoms with Crippen LogP contribution in [0.15, 0.2) is 68.4 Å². The average Bonchev–Trinajstić information content (AvgIpc) is 3.27. The second-order valence-electron chi connectivity index (χ2n) is 8.68. The summed E-state index contributed by atoms with van der Waals surface area (Å²) in [6.45, 7) is 3.62. The van der Waals surface area contributed by atoms with Crippen molar-refractivity contribution in [2.75, 3.05) is 6.61 Å². The summed E-state index contributed by atoms with van der Waals surface area (Å²) >= 11 is 1.97. The van der Waals surface area contributed by atoms with Gasteiger partial charge in [-0.05, 0) is 48.3 Å². The second kappa shape index (κ2) is 11.7. The van der Waals surface area contributed by atoms with Gasteiger partial charge in [0.2, 0.25) is 0 Å². The van der Waals surface area contributed by atoms with Crippen molar-refractivity contribution in [3.8, 4) is 0 Å². The molecule has 2 aromatic carbocycles. The lowest BCUT2D eigenvalue weighted by atomic mass is 10.1. The maximum absolute atomic E-state index is 12.8. The van der Waals surface area contributed by atoms with Crippen molar-refractivity contribution < 1.29 is 23.8 Å². The fourth-order valence-corrected chi connectivity index (χ4v) is 4.26. The van der Waals surface area contributed by atoms with E-state index >= 15 is 0 Å². The number of aromatic nitrogens is 2. The molecular weight excluding hydrogens is 591 g/mol. The van der Waals surface area contributed by atoms with Gasteiger partial charge < -0.3 is 14.2 Å². The van der Waals surface area contributed by atoms with Crippen LogP contribution in [0, 0.1) is 13.8 Å². The predicted molar refractivity (Wildman–Crippen MR) is 145 cm³/mol. The van der Waals surface area contributed by atoms with Crippen molar-refractivity contribution in [2.45, 2.75) is 38.7 Å². The lowest BCUT2D eigenvalue weighted by Gasteiger charge is -2.19. The fraction of sp³-hybridized carbons (Fsp3) is 0.259. The van der Waals surface area contributed by atoms with E-state index in [4.69, 9.17) is 14.2 Å². The van der Waals surface area contributed by atoms with Gasteiger partial charge in [-0.15, -0.1) is 0 Å². The number of rotatable bonds is 7. The van der Waals surface area contributed by atoms with Crippen LogP contribution in [-0.4, -0.2) is 40.3 Å². The summed E-state index contributed by atoms with van der Waals surface area (Å²) in [5.41, 5.74) is 1.81. The first-order valence-electron chi connectivity index (χ1n) is 11.5. The molecule has 0 spiro atoms. The van der Waals surface area contributed by atoms with Gasteiger partial charge >= 0.3 is 17.6 Å². The largest absolute Gasteiger partial charge is 0.459 e. The summed E-state index contributed by atoms with van der Waals surface area (Å²) in [4.78, 5) is 52.3. The number of hydrogen-bond acceptors (Lipinski definition) is 7. The van der Waals surface area contributed by atoms with Gasteiger partial charge in [0.05, 0.1) is 16.7 Å². The lowest BCUT2D eigenvalue weighted by molar-refractivity contribution is -0.0582. The number of carbonyl (C=O) groups is 2. The molecular formula is C27H25IN2O7. The number of esters is 2. The van der Waals surface area contributed by atoms with Crippen molar-refractivity contribution in [3.05, 3.63) is 107 Å². The SMILES string of the molecule is Cc1ccc(C(=O)OC[C@H]2O[C@@H](n3cc(/C=C/I)c(=O)[nH]c3=O)C[C@@H]2OC(=O)c2ccc(C)cc2)cc1. The lowest BCUT2D eigenvalue weighted by Crippen LogP contribution is -2.33. The summed E-state index contributed by atoms with van der Waals surface area (Å²) in [6, 6.07) is 13.8. The molecule has 37 heavy (non-hydrogen) atoms. The summed E-state index contributed by atoms with van der Waals surface area (Å²) < 4.78 is 20.1. The van der Waals surface area contributed by atoms with Gasteiger partial charge in [-0.1, -0.05) is 58.0 Å². The van der Waals surface area contributed by atoms with Gasteiger partial charge in [-0.2, -0.15) is 0 Å². The Kier molecular flexibility index (Phi) is 8.39. The smallest absolute Gasteiger partial charge is 0.338 e. The minimum atomic E-state index is -0.857. The molecule has 1 fully saturated rings. The number of benzene rings is 2. The molecule has 0 aliphatic carbocycles. The molecule has 0 unspecified atom stereocenters. The minimum absolute atomic E-state index is 0.115. The maximum atomic E-state index is 12.8. The summed E-state index contributed by atoms with van der Waals surface area (Å²) in [5, 5.41) is 0. The second-order valence-corrected chi connectivity index (χ2v) is 9.40. The third-order valence-corrected chi connectivity index (χ3v) is 6.30. The van der Waals surface area contributed by atoms with Crippen molar-refractivity contribution in [1.29, 1.82) is 0 Å². The highest BCUT2D eigenvalue weighted by molar-refractivity contribution is 14.1. The third kappa shape index (κ3) is 6.44. The Morgan fingerprint density at radius 2 is 1.62 bits per heavy atom. The highest BCUT2D eigenvalue weighted by Gasteiger charge is 2.40. The number of H-pyrrole nitrogens is 1. The Balaban J connectivity index is 1.56. The van der Waals surface area contributed by atoms with Crippen molar-refractivity contribution in [1.82, 2.24) is 9.55 Å². The molecule has 1 aliphatic heterocycles. The van der Waals surface area contributed by atoms with Gasteiger partial charge in [0, 0.05) is 12.6 Å². The molecule has 0 radical (unpaired) electrons. The Hall–Kier alpha value is -3.51. The topological polar surface area (TPSA) is 117 Å². The van der Waals surface area contributed by atoms with E-state index in [2.05, 4.69) is 4.98 Å². The summed E-state index contributed by atoms with van der Waals surface area (Å²) in [7, 11) is 0. The number of carbonyl (C=O) groups excluding carboxylic acids is 2.